The Morgan fingerprint density at radius 3 is 2.93 bits per heavy atom. The predicted octanol–water partition coefficient (Wildman–Crippen LogP) is 1.80. The lowest BCUT2D eigenvalue weighted by Crippen LogP contribution is -1.91. The van der Waals surface area contributed by atoms with Gasteiger partial charge in [-0.15, -0.1) is 11.3 Å². The molecule has 0 aliphatic rings. The van der Waals surface area contributed by atoms with Crippen LogP contribution in [0.3, 0.4) is 0 Å². The molecule has 0 unspecified atom stereocenters. The summed E-state index contributed by atoms with van der Waals surface area (Å²) in [5.74, 6) is 1.09. The van der Waals surface area contributed by atoms with Gasteiger partial charge in [-0.25, -0.2) is 9.97 Å². The number of thiazole rings is 1. The summed E-state index contributed by atoms with van der Waals surface area (Å²) < 4.78 is 5.03. The highest BCUT2D eigenvalue weighted by atomic mass is 32.1. The molecule has 2 rings (SSSR count). The summed E-state index contributed by atoms with van der Waals surface area (Å²) >= 11 is 1.47. The number of nitrogen functional groups attached to an aromatic ring is 1. The van der Waals surface area contributed by atoms with Crippen molar-refractivity contribution in [2.45, 2.75) is 0 Å². The summed E-state index contributed by atoms with van der Waals surface area (Å²) in [6, 6.07) is 5.55. The summed E-state index contributed by atoms with van der Waals surface area (Å²) in [7, 11) is 1.59. The largest absolute Gasteiger partial charge is 0.481 e. The van der Waals surface area contributed by atoms with Crippen molar-refractivity contribution in [2.75, 3.05) is 12.8 Å². The van der Waals surface area contributed by atoms with Gasteiger partial charge in [-0.05, 0) is 6.07 Å². The Balaban J connectivity index is 2.47. The summed E-state index contributed by atoms with van der Waals surface area (Å²) in [4.78, 5) is 9.11. The van der Waals surface area contributed by atoms with E-state index in [2.05, 4.69) is 9.97 Å². The Bertz CT molecular complexity index is 441. The Morgan fingerprint density at radius 2 is 2.29 bits per heavy atom. The number of nitrogens with zero attached hydrogens (tertiary/aromatic N) is 2. The van der Waals surface area contributed by atoms with Gasteiger partial charge >= 0.3 is 0 Å². The van der Waals surface area contributed by atoms with Gasteiger partial charge in [0.05, 0.1) is 23.2 Å². The third kappa shape index (κ3) is 1.54. The van der Waals surface area contributed by atoms with Crippen LogP contribution in [0, 0.1) is 0 Å². The normalized spacial score (nSPS) is 10.1. The minimum absolute atomic E-state index is 0.510. The first-order valence-electron chi connectivity index (χ1n) is 4.01. The molecule has 2 heterocycles. The number of aromatic nitrogens is 2. The topological polar surface area (TPSA) is 61.0 Å². The van der Waals surface area contributed by atoms with Crippen molar-refractivity contribution in [3.8, 4) is 16.5 Å². The molecule has 0 saturated carbocycles. The van der Waals surface area contributed by atoms with E-state index in [1.165, 1.54) is 11.3 Å². The number of hydrogen-bond donors (Lipinski definition) is 1. The van der Waals surface area contributed by atoms with E-state index in [0.29, 0.717) is 11.7 Å². The lowest BCUT2D eigenvalue weighted by atomic mass is 10.3. The first kappa shape index (κ1) is 8.96. The molecule has 0 fully saturated rings. The van der Waals surface area contributed by atoms with Crippen LogP contribution in [0.5, 0.6) is 5.88 Å². The van der Waals surface area contributed by atoms with E-state index in [1.807, 2.05) is 12.1 Å². The van der Waals surface area contributed by atoms with Gasteiger partial charge in [0.1, 0.15) is 5.82 Å². The van der Waals surface area contributed by atoms with Crippen LogP contribution in [0.15, 0.2) is 23.7 Å². The quantitative estimate of drug-likeness (QED) is 0.815. The van der Waals surface area contributed by atoms with Crippen molar-refractivity contribution in [3.05, 3.63) is 23.7 Å². The first-order chi connectivity index (χ1) is 6.81. The van der Waals surface area contributed by atoms with Crippen LogP contribution < -0.4 is 10.5 Å². The molecule has 2 N–H and O–H groups in total. The highest BCUT2D eigenvalue weighted by Crippen LogP contribution is 2.28. The van der Waals surface area contributed by atoms with Gasteiger partial charge < -0.3 is 10.5 Å². The van der Waals surface area contributed by atoms with E-state index in [9.17, 15) is 0 Å². The van der Waals surface area contributed by atoms with Gasteiger partial charge in [-0.1, -0.05) is 6.07 Å². The highest BCUT2D eigenvalue weighted by molar-refractivity contribution is 7.13. The minimum atomic E-state index is 0.510. The van der Waals surface area contributed by atoms with Gasteiger partial charge in [0.2, 0.25) is 5.88 Å². The molecule has 0 bridgehead atoms. The molecule has 0 atom stereocenters. The predicted molar refractivity (Wildman–Crippen MR) is 56.3 cm³/mol. The number of pyridine rings is 1. The summed E-state index contributed by atoms with van der Waals surface area (Å²) in [6.45, 7) is 0. The number of rotatable bonds is 2. The molecule has 2 aromatic heterocycles. The molecular weight excluding hydrogens is 198 g/mol. The fraction of sp³-hybridized carbons (Fsp3) is 0.111. The van der Waals surface area contributed by atoms with Crippen molar-refractivity contribution < 1.29 is 4.74 Å². The molecule has 0 saturated heterocycles. The number of anilines is 1. The molecule has 0 aliphatic carbocycles. The Morgan fingerprint density at radius 1 is 1.43 bits per heavy atom. The average Bonchev–Trinajstić information content (AvgIpc) is 2.65. The smallest absolute Gasteiger partial charge is 0.213 e. The summed E-state index contributed by atoms with van der Waals surface area (Å²) in [6.07, 6.45) is 0. The van der Waals surface area contributed by atoms with E-state index in [1.54, 1.807) is 18.7 Å². The molecule has 0 aromatic carbocycles. The van der Waals surface area contributed by atoms with E-state index in [0.717, 1.165) is 10.6 Å². The molecule has 5 heteroatoms. The molecular formula is C9H9N3OS. The van der Waals surface area contributed by atoms with Gasteiger partial charge in [0.25, 0.3) is 0 Å². The molecule has 0 spiro atoms. The number of nitrogens with two attached hydrogens (primary N) is 1. The molecule has 0 radical (unpaired) electrons. The number of methoxy groups -OCH3 is 1. The molecule has 2 aromatic rings. The Kier molecular flexibility index (Phi) is 2.32. The fourth-order valence-corrected chi connectivity index (χ4v) is 1.78. The molecule has 0 amide bonds. The van der Waals surface area contributed by atoms with Crippen molar-refractivity contribution in [1.82, 2.24) is 9.97 Å². The fourth-order valence-electron chi connectivity index (χ4n) is 1.10. The van der Waals surface area contributed by atoms with E-state index >= 15 is 0 Å². The van der Waals surface area contributed by atoms with Gasteiger partial charge in [-0.2, -0.15) is 0 Å². The molecule has 14 heavy (non-hydrogen) atoms. The minimum Gasteiger partial charge on any atom is -0.481 e. The van der Waals surface area contributed by atoms with Crippen LogP contribution in [0.4, 0.5) is 5.82 Å². The second kappa shape index (κ2) is 3.63. The van der Waals surface area contributed by atoms with Gasteiger partial charge in [0.15, 0.2) is 0 Å². The maximum Gasteiger partial charge on any atom is 0.213 e. The second-order valence-corrected chi connectivity index (χ2v) is 3.49. The monoisotopic (exact) mass is 207 g/mol. The zero-order chi connectivity index (χ0) is 9.97. The molecule has 72 valence electrons. The SMILES string of the molecule is COc1cccc(-c2scnc2N)n1. The van der Waals surface area contributed by atoms with E-state index < -0.39 is 0 Å². The third-order valence-corrected chi connectivity index (χ3v) is 2.63. The van der Waals surface area contributed by atoms with Crippen molar-refractivity contribution >= 4 is 17.2 Å². The van der Waals surface area contributed by atoms with Crippen LogP contribution in [-0.2, 0) is 0 Å². The van der Waals surface area contributed by atoms with Crippen molar-refractivity contribution in [1.29, 1.82) is 0 Å². The first-order valence-corrected chi connectivity index (χ1v) is 4.89. The van der Waals surface area contributed by atoms with Crippen LogP contribution >= 0.6 is 11.3 Å². The standard InChI is InChI=1S/C9H9N3OS/c1-13-7-4-2-3-6(12-7)8-9(10)11-5-14-8/h2-5H,10H2,1H3. The zero-order valence-corrected chi connectivity index (χ0v) is 8.41. The lowest BCUT2D eigenvalue weighted by Gasteiger charge is -2.01. The number of ether oxygens (including phenoxy) is 1. The summed E-state index contributed by atoms with van der Waals surface area (Å²) in [5, 5.41) is 0. The molecule has 4 nitrogen and oxygen atoms in total. The Hall–Kier alpha value is -1.62. The maximum atomic E-state index is 5.68. The van der Waals surface area contributed by atoms with E-state index in [-0.39, 0.29) is 0 Å². The third-order valence-electron chi connectivity index (χ3n) is 1.76. The van der Waals surface area contributed by atoms with Crippen LogP contribution in [0.1, 0.15) is 0 Å². The van der Waals surface area contributed by atoms with Crippen LogP contribution in [-0.4, -0.2) is 17.1 Å². The lowest BCUT2D eigenvalue weighted by molar-refractivity contribution is 0.398. The number of hydrogen-bond acceptors (Lipinski definition) is 5. The van der Waals surface area contributed by atoms with Gasteiger partial charge in [-0.3, -0.25) is 0 Å². The van der Waals surface area contributed by atoms with Gasteiger partial charge in [0, 0.05) is 6.07 Å². The van der Waals surface area contributed by atoms with Crippen LogP contribution in [0.2, 0.25) is 0 Å². The Labute approximate surface area is 85.4 Å². The maximum absolute atomic E-state index is 5.68. The summed E-state index contributed by atoms with van der Waals surface area (Å²) in [5.41, 5.74) is 8.18. The highest BCUT2D eigenvalue weighted by Gasteiger charge is 2.07. The second-order valence-electron chi connectivity index (χ2n) is 2.63. The van der Waals surface area contributed by atoms with E-state index in [4.69, 9.17) is 10.5 Å². The van der Waals surface area contributed by atoms with Crippen molar-refractivity contribution in [2.24, 2.45) is 0 Å². The average molecular weight is 207 g/mol. The zero-order valence-electron chi connectivity index (χ0n) is 7.60. The molecule has 0 aliphatic heterocycles. The van der Waals surface area contributed by atoms with Crippen LogP contribution in [0.25, 0.3) is 10.6 Å². The van der Waals surface area contributed by atoms with Crippen molar-refractivity contribution in [3.63, 3.8) is 0 Å².